The van der Waals surface area contributed by atoms with Crippen LogP contribution in [0.2, 0.25) is 0 Å². The van der Waals surface area contributed by atoms with Gasteiger partial charge in [0.2, 0.25) is 5.75 Å². The standard InChI is InChI=1S/C13H17NO3/c1-15-12-9(10-3-2-6-14-10)4-5-11-13(12)17-8-7-16-11/h4-5,10,14H,2-3,6-8H2,1H3. The van der Waals surface area contributed by atoms with Crippen molar-refractivity contribution in [3.05, 3.63) is 17.7 Å². The number of fused-ring (bicyclic) bond motifs is 1. The molecular weight excluding hydrogens is 218 g/mol. The molecule has 1 aromatic carbocycles. The van der Waals surface area contributed by atoms with E-state index in [-0.39, 0.29) is 0 Å². The van der Waals surface area contributed by atoms with E-state index in [1.54, 1.807) is 7.11 Å². The van der Waals surface area contributed by atoms with Crippen LogP contribution in [0.15, 0.2) is 12.1 Å². The molecule has 0 saturated carbocycles. The first-order valence-corrected chi connectivity index (χ1v) is 6.10. The van der Waals surface area contributed by atoms with Gasteiger partial charge in [0.15, 0.2) is 11.5 Å². The lowest BCUT2D eigenvalue weighted by molar-refractivity contribution is 0.164. The summed E-state index contributed by atoms with van der Waals surface area (Å²) in [5, 5.41) is 3.48. The summed E-state index contributed by atoms with van der Waals surface area (Å²) in [6, 6.07) is 4.43. The van der Waals surface area contributed by atoms with Gasteiger partial charge in [-0.05, 0) is 31.5 Å². The maximum Gasteiger partial charge on any atom is 0.204 e. The summed E-state index contributed by atoms with van der Waals surface area (Å²) in [7, 11) is 1.69. The molecule has 3 rings (SSSR count). The smallest absolute Gasteiger partial charge is 0.204 e. The van der Waals surface area contributed by atoms with Gasteiger partial charge in [-0.2, -0.15) is 0 Å². The molecule has 2 aliphatic rings. The molecule has 0 amide bonds. The summed E-state index contributed by atoms with van der Waals surface area (Å²) in [5.74, 6) is 2.36. The highest BCUT2D eigenvalue weighted by atomic mass is 16.6. The third-order valence-electron chi connectivity index (χ3n) is 3.33. The summed E-state index contributed by atoms with van der Waals surface area (Å²) in [6.45, 7) is 2.27. The molecule has 0 aliphatic carbocycles. The van der Waals surface area contributed by atoms with Crippen molar-refractivity contribution in [3.63, 3.8) is 0 Å². The third kappa shape index (κ3) is 1.82. The van der Waals surface area contributed by atoms with Gasteiger partial charge in [0.25, 0.3) is 0 Å². The maximum absolute atomic E-state index is 5.67. The lowest BCUT2D eigenvalue weighted by Crippen LogP contribution is -2.18. The van der Waals surface area contributed by atoms with Gasteiger partial charge >= 0.3 is 0 Å². The van der Waals surface area contributed by atoms with Gasteiger partial charge in [-0.15, -0.1) is 0 Å². The zero-order valence-corrected chi connectivity index (χ0v) is 9.99. The first kappa shape index (κ1) is 10.7. The molecule has 0 radical (unpaired) electrons. The maximum atomic E-state index is 5.67. The molecule has 2 heterocycles. The van der Waals surface area contributed by atoms with Crippen molar-refractivity contribution in [1.29, 1.82) is 0 Å². The van der Waals surface area contributed by atoms with E-state index >= 15 is 0 Å². The molecule has 92 valence electrons. The average molecular weight is 235 g/mol. The molecule has 0 spiro atoms. The van der Waals surface area contributed by atoms with Gasteiger partial charge < -0.3 is 19.5 Å². The van der Waals surface area contributed by atoms with Crippen LogP contribution in [0.5, 0.6) is 17.2 Å². The predicted octanol–water partition coefficient (Wildman–Crippen LogP) is 1.89. The van der Waals surface area contributed by atoms with E-state index in [1.807, 2.05) is 6.07 Å². The Morgan fingerprint density at radius 3 is 2.94 bits per heavy atom. The molecule has 1 fully saturated rings. The number of rotatable bonds is 2. The Balaban J connectivity index is 2.03. The van der Waals surface area contributed by atoms with Crippen LogP contribution < -0.4 is 19.5 Å². The van der Waals surface area contributed by atoms with E-state index in [9.17, 15) is 0 Å². The number of methoxy groups -OCH3 is 1. The van der Waals surface area contributed by atoms with Crippen LogP contribution in [-0.2, 0) is 0 Å². The van der Waals surface area contributed by atoms with Gasteiger partial charge in [0, 0.05) is 11.6 Å². The van der Waals surface area contributed by atoms with Crippen LogP contribution >= 0.6 is 0 Å². The second-order valence-electron chi connectivity index (χ2n) is 4.36. The molecule has 0 aromatic heterocycles. The molecule has 4 nitrogen and oxygen atoms in total. The lowest BCUT2D eigenvalue weighted by Gasteiger charge is -2.24. The SMILES string of the molecule is COc1c(C2CCCN2)ccc2c1OCCO2. The quantitative estimate of drug-likeness (QED) is 0.849. The lowest BCUT2D eigenvalue weighted by atomic mass is 10.0. The van der Waals surface area contributed by atoms with Gasteiger partial charge in [0.1, 0.15) is 13.2 Å². The second-order valence-corrected chi connectivity index (χ2v) is 4.36. The van der Waals surface area contributed by atoms with E-state index in [4.69, 9.17) is 14.2 Å². The fourth-order valence-electron chi connectivity index (χ4n) is 2.54. The monoisotopic (exact) mass is 235 g/mol. The van der Waals surface area contributed by atoms with E-state index in [1.165, 1.54) is 12.0 Å². The summed E-state index contributed by atoms with van der Waals surface area (Å²) in [5.41, 5.74) is 1.18. The van der Waals surface area contributed by atoms with Crippen molar-refractivity contribution in [1.82, 2.24) is 5.32 Å². The molecule has 1 unspecified atom stereocenters. The van der Waals surface area contributed by atoms with Gasteiger partial charge in [-0.25, -0.2) is 0 Å². The van der Waals surface area contributed by atoms with Crippen molar-refractivity contribution < 1.29 is 14.2 Å². The highest BCUT2D eigenvalue weighted by Gasteiger charge is 2.26. The Labute approximate surface area is 101 Å². The highest BCUT2D eigenvalue weighted by Crippen LogP contribution is 2.44. The molecule has 1 aromatic rings. The van der Waals surface area contributed by atoms with E-state index < -0.39 is 0 Å². The molecule has 4 heteroatoms. The molecular formula is C13H17NO3. The normalized spacial score (nSPS) is 22.5. The number of benzene rings is 1. The van der Waals surface area contributed by atoms with Crippen LogP contribution in [-0.4, -0.2) is 26.9 Å². The summed E-state index contributed by atoms with van der Waals surface area (Å²) >= 11 is 0. The van der Waals surface area contributed by atoms with Crippen molar-refractivity contribution in [2.24, 2.45) is 0 Å². The Bertz CT molecular complexity index is 413. The van der Waals surface area contributed by atoms with Crippen LogP contribution in [0.4, 0.5) is 0 Å². The minimum Gasteiger partial charge on any atom is -0.492 e. The molecule has 1 atom stereocenters. The van der Waals surface area contributed by atoms with Gasteiger partial charge in [0.05, 0.1) is 7.11 Å². The third-order valence-corrected chi connectivity index (χ3v) is 3.33. The molecule has 0 bridgehead atoms. The molecule has 2 aliphatic heterocycles. The predicted molar refractivity (Wildman–Crippen MR) is 64.0 cm³/mol. The van der Waals surface area contributed by atoms with E-state index in [2.05, 4.69) is 11.4 Å². The Morgan fingerprint density at radius 1 is 1.29 bits per heavy atom. The minimum absolute atomic E-state index is 0.376. The van der Waals surface area contributed by atoms with Crippen LogP contribution in [0, 0.1) is 0 Å². The fourth-order valence-corrected chi connectivity index (χ4v) is 2.54. The van der Waals surface area contributed by atoms with Crippen molar-refractivity contribution in [2.75, 3.05) is 26.9 Å². The van der Waals surface area contributed by atoms with Crippen molar-refractivity contribution in [2.45, 2.75) is 18.9 Å². The first-order chi connectivity index (χ1) is 8.40. The average Bonchev–Trinajstić information content (AvgIpc) is 2.91. The number of hydrogen-bond acceptors (Lipinski definition) is 4. The Hall–Kier alpha value is -1.42. The topological polar surface area (TPSA) is 39.7 Å². The largest absolute Gasteiger partial charge is 0.492 e. The first-order valence-electron chi connectivity index (χ1n) is 6.10. The van der Waals surface area contributed by atoms with Crippen LogP contribution in [0.25, 0.3) is 0 Å². The Kier molecular flexibility index (Phi) is 2.81. The van der Waals surface area contributed by atoms with E-state index in [0.29, 0.717) is 19.3 Å². The zero-order valence-electron chi connectivity index (χ0n) is 9.99. The number of nitrogens with one attached hydrogen (secondary N) is 1. The van der Waals surface area contributed by atoms with Crippen LogP contribution in [0.1, 0.15) is 24.4 Å². The second kappa shape index (κ2) is 4.45. The molecule has 1 saturated heterocycles. The van der Waals surface area contributed by atoms with Gasteiger partial charge in [-0.3, -0.25) is 0 Å². The number of hydrogen-bond donors (Lipinski definition) is 1. The summed E-state index contributed by atoms with van der Waals surface area (Å²) in [4.78, 5) is 0. The molecule has 17 heavy (non-hydrogen) atoms. The summed E-state index contributed by atoms with van der Waals surface area (Å²) in [6.07, 6.45) is 2.36. The summed E-state index contributed by atoms with van der Waals surface area (Å²) < 4.78 is 16.7. The fraction of sp³-hybridized carbons (Fsp3) is 0.538. The van der Waals surface area contributed by atoms with Crippen LogP contribution in [0.3, 0.4) is 0 Å². The van der Waals surface area contributed by atoms with Crippen molar-refractivity contribution in [3.8, 4) is 17.2 Å². The zero-order chi connectivity index (χ0) is 11.7. The van der Waals surface area contributed by atoms with Gasteiger partial charge in [-0.1, -0.05) is 0 Å². The minimum atomic E-state index is 0.376. The highest BCUT2D eigenvalue weighted by molar-refractivity contribution is 5.57. The molecule has 1 N–H and O–H groups in total. The van der Waals surface area contributed by atoms with Crippen molar-refractivity contribution >= 4 is 0 Å². The van der Waals surface area contributed by atoms with E-state index in [0.717, 1.165) is 30.2 Å². The Morgan fingerprint density at radius 2 is 2.18 bits per heavy atom. The number of ether oxygens (including phenoxy) is 3.